The fourth-order valence-corrected chi connectivity index (χ4v) is 2.48. The van der Waals surface area contributed by atoms with E-state index in [1.807, 2.05) is 19.1 Å². The lowest BCUT2D eigenvalue weighted by Crippen LogP contribution is -2.08. The van der Waals surface area contributed by atoms with Crippen LogP contribution in [0.25, 0.3) is 0 Å². The first-order chi connectivity index (χ1) is 10.2. The number of para-hydroxylation sites is 1. The van der Waals surface area contributed by atoms with Gasteiger partial charge in [0.05, 0.1) is 6.61 Å². The highest BCUT2D eigenvalue weighted by molar-refractivity contribution is 5.52. The molecule has 21 heavy (non-hydrogen) atoms. The van der Waals surface area contributed by atoms with E-state index in [1.54, 1.807) is 0 Å². The summed E-state index contributed by atoms with van der Waals surface area (Å²) < 4.78 is 5.49. The topological polar surface area (TPSA) is 21.3 Å². The maximum atomic E-state index is 5.49. The molecule has 112 valence electrons. The number of hydrogen-bond donors (Lipinski definition) is 1. The fraction of sp³-hybridized carbons (Fsp3) is 0.368. The van der Waals surface area contributed by atoms with Crippen LogP contribution >= 0.6 is 0 Å². The van der Waals surface area contributed by atoms with Gasteiger partial charge in [0.2, 0.25) is 0 Å². The summed E-state index contributed by atoms with van der Waals surface area (Å²) in [7, 11) is 0. The average molecular weight is 283 g/mol. The highest BCUT2D eigenvalue weighted by Crippen LogP contribution is 2.24. The van der Waals surface area contributed by atoms with Crippen LogP contribution in [-0.4, -0.2) is 6.61 Å². The highest BCUT2D eigenvalue weighted by atomic mass is 16.5. The number of nitrogens with one attached hydrogen (secondary N) is 1. The van der Waals surface area contributed by atoms with Crippen LogP contribution in [0, 0.1) is 0 Å². The van der Waals surface area contributed by atoms with E-state index in [-0.39, 0.29) is 6.04 Å². The van der Waals surface area contributed by atoms with E-state index in [0.717, 1.165) is 18.6 Å². The van der Waals surface area contributed by atoms with Gasteiger partial charge in [-0.15, -0.1) is 0 Å². The molecule has 2 nitrogen and oxygen atoms in total. The third kappa shape index (κ3) is 4.25. The monoisotopic (exact) mass is 283 g/mol. The highest BCUT2D eigenvalue weighted by Gasteiger charge is 2.08. The molecule has 2 rings (SSSR count). The molecule has 1 unspecified atom stereocenters. The molecule has 0 bridgehead atoms. The molecule has 2 aromatic carbocycles. The molecule has 0 heterocycles. The second kappa shape index (κ2) is 7.72. The van der Waals surface area contributed by atoms with Gasteiger partial charge in [-0.2, -0.15) is 0 Å². The number of benzene rings is 2. The second-order valence-electron chi connectivity index (χ2n) is 5.28. The molecular weight excluding hydrogens is 258 g/mol. The van der Waals surface area contributed by atoms with Crippen molar-refractivity contribution in [2.24, 2.45) is 0 Å². The van der Waals surface area contributed by atoms with E-state index in [0.29, 0.717) is 6.61 Å². The molecule has 0 radical (unpaired) electrons. The van der Waals surface area contributed by atoms with E-state index in [2.05, 4.69) is 55.6 Å². The SMILES string of the molecule is CCCc1ccccc1NC(C)c1ccc(OCC)cc1. The molecule has 2 aromatic rings. The molecule has 0 saturated heterocycles. The standard InChI is InChI=1S/C19H25NO/c1-4-8-17-9-6-7-10-19(17)20-15(3)16-11-13-18(14-12-16)21-5-2/h6-7,9-15,20H,4-5,8H2,1-3H3. The average Bonchev–Trinajstić information content (AvgIpc) is 2.50. The molecule has 0 aliphatic rings. The van der Waals surface area contributed by atoms with Crippen LogP contribution in [0.4, 0.5) is 5.69 Å². The number of hydrogen-bond acceptors (Lipinski definition) is 2. The minimum atomic E-state index is 0.277. The van der Waals surface area contributed by atoms with Gasteiger partial charge in [-0.1, -0.05) is 43.7 Å². The van der Waals surface area contributed by atoms with E-state index in [1.165, 1.54) is 16.8 Å². The Morgan fingerprint density at radius 3 is 2.38 bits per heavy atom. The van der Waals surface area contributed by atoms with Gasteiger partial charge in [-0.25, -0.2) is 0 Å². The summed E-state index contributed by atoms with van der Waals surface area (Å²) >= 11 is 0. The van der Waals surface area contributed by atoms with Crippen LogP contribution in [0.3, 0.4) is 0 Å². The van der Waals surface area contributed by atoms with Crippen LogP contribution < -0.4 is 10.1 Å². The van der Waals surface area contributed by atoms with E-state index in [4.69, 9.17) is 4.74 Å². The molecular formula is C19H25NO. The molecule has 1 N–H and O–H groups in total. The maximum Gasteiger partial charge on any atom is 0.119 e. The summed E-state index contributed by atoms with van der Waals surface area (Å²) in [6.45, 7) is 7.12. The van der Waals surface area contributed by atoms with Crippen LogP contribution in [0.1, 0.15) is 44.4 Å². The van der Waals surface area contributed by atoms with Gasteiger partial charge in [-0.3, -0.25) is 0 Å². The summed E-state index contributed by atoms with van der Waals surface area (Å²) in [4.78, 5) is 0. The lowest BCUT2D eigenvalue weighted by atomic mass is 10.0. The number of anilines is 1. The first-order valence-corrected chi connectivity index (χ1v) is 7.81. The van der Waals surface area contributed by atoms with Gasteiger partial charge in [-0.05, 0) is 49.6 Å². The molecule has 0 spiro atoms. The van der Waals surface area contributed by atoms with Crippen LogP contribution in [0.2, 0.25) is 0 Å². The van der Waals surface area contributed by atoms with Crippen molar-refractivity contribution in [2.45, 2.75) is 39.7 Å². The van der Waals surface area contributed by atoms with Gasteiger partial charge in [0.25, 0.3) is 0 Å². The molecule has 2 heteroatoms. The lowest BCUT2D eigenvalue weighted by Gasteiger charge is -2.19. The quantitative estimate of drug-likeness (QED) is 0.753. The third-order valence-electron chi connectivity index (χ3n) is 3.60. The third-order valence-corrected chi connectivity index (χ3v) is 3.60. The van der Waals surface area contributed by atoms with Crippen molar-refractivity contribution in [1.82, 2.24) is 0 Å². The van der Waals surface area contributed by atoms with Gasteiger partial charge >= 0.3 is 0 Å². The maximum absolute atomic E-state index is 5.49. The number of aryl methyl sites for hydroxylation is 1. The van der Waals surface area contributed by atoms with Crippen molar-refractivity contribution >= 4 is 5.69 Å². The summed E-state index contributed by atoms with van der Waals surface area (Å²) in [6, 6.07) is 17.2. The Morgan fingerprint density at radius 2 is 1.71 bits per heavy atom. The predicted molar refractivity (Wildman–Crippen MR) is 90.1 cm³/mol. The zero-order chi connectivity index (χ0) is 15.1. The normalized spacial score (nSPS) is 12.0. The predicted octanol–water partition coefficient (Wildman–Crippen LogP) is 5.21. The van der Waals surface area contributed by atoms with Crippen LogP contribution in [0.5, 0.6) is 5.75 Å². The Bertz CT molecular complexity index is 548. The Kier molecular flexibility index (Phi) is 5.68. The second-order valence-corrected chi connectivity index (χ2v) is 5.28. The Hall–Kier alpha value is -1.96. The molecule has 0 aliphatic heterocycles. The first kappa shape index (κ1) is 15.4. The summed E-state index contributed by atoms with van der Waals surface area (Å²) in [5, 5.41) is 3.62. The van der Waals surface area contributed by atoms with Crippen molar-refractivity contribution in [3.05, 3.63) is 59.7 Å². The molecule has 1 atom stereocenters. The summed E-state index contributed by atoms with van der Waals surface area (Å²) in [5.74, 6) is 0.930. The van der Waals surface area contributed by atoms with E-state index < -0.39 is 0 Å². The summed E-state index contributed by atoms with van der Waals surface area (Å²) in [6.07, 6.45) is 2.27. The Labute approximate surface area is 128 Å². The molecule has 0 saturated carbocycles. The van der Waals surface area contributed by atoms with Crippen LogP contribution in [0.15, 0.2) is 48.5 Å². The Balaban J connectivity index is 2.08. The van der Waals surface area contributed by atoms with Gasteiger partial charge in [0.1, 0.15) is 5.75 Å². The van der Waals surface area contributed by atoms with Gasteiger partial charge in [0.15, 0.2) is 0 Å². The van der Waals surface area contributed by atoms with Crippen molar-refractivity contribution in [2.75, 3.05) is 11.9 Å². The van der Waals surface area contributed by atoms with Gasteiger partial charge in [0, 0.05) is 11.7 Å². The molecule has 0 aromatic heterocycles. The van der Waals surface area contributed by atoms with Crippen molar-refractivity contribution in [1.29, 1.82) is 0 Å². The number of rotatable bonds is 7. The van der Waals surface area contributed by atoms with Crippen molar-refractivity contribution < 1.29 is 4.74 Å². The van der Waals surface area contributed by atoms with Crippen molar-refractivity contribution in [3.8, 4) is 5.75 Å². The van der Waals surface area contributed by atoms with Crippen molar-refractivity contribution in [3.63, 3.8) is 0 Å². The Morgan fingerprint density at radius 1 is 1.00 bits per heavy atom. The zero-order valence-corrected chi connectivity index (χ0v) is 13.2. The summed E-state index contributed by atoms with van der Waals surface area (Å²) in [5.41, 5.74) is 3.89. The fourth-order valence-electron chi connectivity index (χ4n) is 2.48. The lowest BCUT2D eigenvalue weighted by molar-refractivity contribution is 0.340. The smallest absolute Gasteiger partial charge is 0.119 e. The van der Waals surface area contributed by atoms with E-state index >= 15 is 0 Å². The molecule has 0 amide bonds. The van der Waals surface area contributed by atoms with Crippen LogP contribution in [-0.2, 0) is 6.42 Å². The van der Waals surface area contributed by atoms with E-state index in [9.17, 15) is 0 Å². The first-order valence-electron chi connectivity index (χ1n) is 7.81. The molecule has 0 aliphatic carbocycles. The minimum absolute atomic E-state index is 0.277. The zero-order valence-electron chi connectivity index (χ0n) is 13.2. The minimum Gasteiger partial charge on any atom is -0.494 e. The number of ether oxygens (including phenoxy) is 1. The van der Waals surface area contributed by atoms with Gasteiger partial charge < -0.3 is 10.1 Å². The molecule has 0 fully saturated rings. The largest absolute Gasteiger partial charge is 0.494 e.